The average Bonchev–Trinajstić information content (AvgIpc) is 3.16. The van der Waals surface area contributed by atoms with Crippen LogP contribution in [-0.2, 0) is 0 Å². The molecule has 0 saturated carbocycles. The van der Waals surface area contributed by atoms with E-state index in [2.05, 4.69) is 15.5 Å². The van der Waals surface area contributed by atoms with Crippen molar-refractivity contribution in [2.24, 2.45) is 11.5 Å². The smallest absolute Gasteiger partial charge is 0.317 e. The van der Waals surface area contributed by atoms with Gasteiger partial charge in [-0.2, -0.15) is 0 Å². The number of rotatable bonds is 4. The van der Waals surface area contributed by atoms with E-state index in [0.29, 0.717) is 10.9 Å². The van der Waals surface area contributed by atoms with E-state index in [0.717, 1.165) is 16.0 Å². The zero-order valence-corrected chi connectivity index (χ0v) is 12.5. The highest BCUT2D eigenvalue weighted by atomic mass is 32.1. The minimum absolute atomic E-state index is 0.201. The summed E-state index contributed by atoms with van der Waals surface area (Å²) in [5.41, 5.74) is 12.2. The third-order valence-corrected chi connectivity index (χ3v) is 4.09. The highest BCUT2D eigenvalue weighted by molar-refractivity contribution is 7.20. The van der Waals surface area contributed by atoms with Crippen molar-refractivity contribution >= 4 is 28.3 Å². The van der Waals surface area contributed by atoms with Gasteiger partial charge in [0.1, 0.15) is 5.00 Å². The Kier molecular flexibility index (Phi) is 3.77. The van der Waals surface area contributed by atoms with Gasteiger partial charge in [-0.05, 0) is 23.8 Å². The number of hydrogen-bond donors (Lipinski definition) is 3. The molecule has 0 aliphatic heterocycles. The Labute approximate surface area is 134 Å². The second-order valence-electron chi connectivity index (χ2n) is 4.53. The highest BCUT2D eigenvalue weighted by Crippen LogP contribution is 2.36. The first-order valence-corrected chi connectivity index (χ1v) is 7.23. The number of amides is 3. The van der Waals surface area contributed by atoms with Crippen LogP contribution in [0.4, 0.5) is 9.80 Å². The van der Waals surface area contributed by atoms with Gasteiger partial charge in [-0.25, -0.2) is 4.79 Å². The molecule has 116 valence electrons. The van der Waals surface area contributed by atoms with Crippen molar-refractivity contribution in [1.82, 2.24) is 10.2 Å². The van der Waals surface area contributed by atoms with Crippen LogP contribution in [0.2, 0.25) is 0 Å². The lowest BCUT2D eigenvalue weighted by molar-refractivity contribution is 0.100. The fourth-order valence-corrected chi connectivity index (χ4v) is 3.09. The van der Waals surface area contributed by atoms with E-state index in [-0.39, 0.29) is 5.56 Å². The van der Waals surface area contributed by atoms with Gasteiger partial charge in [0.2, 0.25) is 12.3 Å². The third kappa shape index (κ3) is 3.04. The van der Waals surface area contributed by atoms with Crippen LogP contribution in [0.1, 0.15) is 10.4 Å². The van der Waals surface area contributed by atoms with Crippen LogP contribution in [0, 0.1) is 0 Å². The van der Waals surface area contributed by atoms with Crippen molar-refractivity contribution in [2.75, 3.05) is 5.32 Å². The summed E-state index contributed by atoms with van der Waals surface area (Å²) in [6, 6.07) is 8.16. The largest absolute Gasteiger partial charge is 0.423 e. The first kappa shape index (κ1) is 14.7. The van der Waals surface area contributed by atoms with E-state index in [9.17, 15) is 9.59 Å². The van der Waals surface area contributed by atoms with Crippen molar-refractivity contribution in [3.8, 4) is 21.9 Å². The lowest BCUT2D eigenvalue weighted by atomic mass is 10.1. The van der Waals surface area contributed by atoms with Gasteiger partial charge in [0.25, 0.3) is 5.91 Å². The number of thiophene rings is 1. The Morgan fingerprint density at radius 2 is 1.96 bits per heavy atom. The van der Waals surface area contributed by atoms with Gasteiger partial charge in [-0.15, -0.1) is 21.5 Å². The summed E-state index contributed by atoms with van der Waals surface area (Å²) in [5.74, 6) is -0.265. The first-order valence-electron chi connectivity index (χ1n) is 6.41. The molecule has 9 heteroatoms. The number of primary amides is 2. The number of urea groups is 1. The summed E-state index contributed by atoms with van der Waals surface area (Å²) in [4.78, 5) is 23.3. The molecular weight excluding hydrogens is 318 g/mol. The molecule has 0 aliphatic carbocycles. The minimum atomic E-state index is -0.763. The molecule has 0 radical (unpaired) electrons. The molecule has 3 rings (SSSR count). The number of benzene rings is 1. The number of nitrogens with zero attached hydrogens (tertiary/aromatic N) is 2. The van der Waals surface area contributed by atoms with E-state index >= 15 is 0 Å². The maximum atomic E-state index is 11.5. The molecule has 0 fully saturated rings. The van der Waals surface area contributed by atoms with Crippen LogP contribution < -0.4 is 16.8 Å². The molecule has 0 bridgehead atoms. The Bertz CT molecular complexity index is 872. The lowest BCUT2D eigenvalue weighted by Crippen LogP contribution is -2.21. The second kappa shape index (κ2) is 5.89. The molecule has 2 heterocycles. The Hall–Kier alpha value is -3.20. The Morgan fingerprint density at radius 3 is 2.61 bits per heavy atom. The van der Waals surface area contributed by atoms with Crippen LogP contribution in [0.5, 0.6) is 0 Å². The van der Waals surface area contributed by atoms with Crippen LogP contribution in [0.25, 0.3) is 21.9 Å². The zero-order chi connectivity index (χ0) is 16.4. The summed E-state index contributed by atoms with van der Waals surface area (Å²) in [6.45, 7) is 0. The number of nitrogens with one attached hydrogen (secondary N) is 1. The summed E-state index contributed by atoms with van der Waals surface area (Å²) >= 11 is 1.20. The van der Waals surface area contributed by atoms with Crippen LogP contribution in [0.3, 0.4) is 0 Å². The predicted octanol–water partition coefficient (Wildman–Crippen LogP) is 2.05. The van der Waals surface area contributed by atoms with Crippen molar-refractivity contribution in [3.05, 3.63) is 42.3 Å². The molecular formula is C14H11N5O3S. The Balaban J connectivity index is 2.03. The summed E-state index contributed by atoms with van der Waals surface area (Å²) in [6.07, 6.45) is 1.24. The summed E-state index contributed by atoms with van der Waals surface area (Å²) < 4.78 is 5.16. The second-order valence-corrected chi connectivity index (χ2v) is 5.58. The van der Waals surface area contributed by atoms with Gasteiger partial charge in [-0.1, -0.05) is 12.1 Å². The van der Waals surface area contributed by atoms with E-state index < -0.39 is 11.9 Å². The van der Waals surface area contributed by atoms with Crippen LogP contribution in [0.15, 0.2) is 41.1 Å². The van der Waals surface area contributed by atoms with Gasteiger partial charge >= 0.3 is 6.03 Å². The molecule has 0 aliphatic rings. The molecule has 0 unspecified atom stereocenters. The van der Waals surface area contributed by atoms with Gasteiger partial charge in [0.05, 0.1) is 5.56 Å². The number of aromatic nitrogens is 2. The van der Waals surface area contributed by atoms with Crippen molar-refractivity contribution in [1.29, 1.82) is 0 Å². The zero-order valence-electron chi connectivity index (χ0n) is 11.6. The number of hydrogen-bond acceptors (Lipinski definition) is 6. The van der Waals surface area contributed by atoms with Gasteiger partial charge in [0, 0.05) is 10.4 Å². The molecule has 0 spiro atoms. The van der Waals surface area contributed by atoms with Crippen LogP contribution >= 0.6 is 11.3 Å². The van der Waals surface area contributed by atoms with E-state index in [4.69, 9.17) is 15.9 Å². The molecule has 0 atom stereocenters. The van der Waals surface area contributed by atoms with Gasteiger partial charge in [-0.3, -0.25) is 10.1 Å². The number of anilines is 1. The maximum absolute atomic E-state index is 11.5. The average molecular weight is 329 g/mol. The van der Waals surface area contributed by atoms with E-state index in [1.807, 2.05) is 24.3 Å². The van der Waals surface area contributed by atoms with Crippen molar-refractivity contribution in [2.45, 2.75) is 0 Å². The predicted molar refractivity (Wildman–Crippen MR) is 84.8 cm³/mol. The summed E-state index contributed by atoms with van der Waals surface area (Å²) in [7, 11) is 0. The van der Waals surface area contributed by atoms with Crippen molar-refractivity contribution < 1.29 is 14.0 Å². The van der Waals surface area contributed by atoms with Crippen LogP contribution in [-0.4, -0.2) is 22.1 Å². The monoisotopic (exact) mass is 329 g/mol. The number of nitrogens with two attached hydrogens (primary N) is 2. The lowest BCUT2D eigenvalue weighted by Gasteiger charge is -2.00. The van der Waals surface area contributed by atoms with Gasteiger partial charge in [0.15, 0.2) is 0 Å². The maximum Gasteiger partial charge on any atom is 0.317 e. The molecule has 5 N–H and O–H groups in total. The molecule has 2 aromatic heterocycles. The quantitative estimate of drug-likeness (QED) is 0.672. The third-order valence-electron chi connectivity index (χ3n) is 2.99. The van der Waals surface area contributed by atoms with E-state index in [1.165, 1.54) is 17.7 Å². The standard InChI is InChI=1S/C14H11N5O3S/c15-11(20)9-5-10(23-13(9)18-14(16)21)7-2-1-3-8(4-7)12-19-17-6-22-12/h1-6H,(H2,15,20)(H3,16,18,21). The van der Waals surface area contributed by atoms with Crippen molar-refractivity contribution in [3.63, 3.8) is 0 Å². The molecule has 23 heavy (non-hydrogen) atoms. The topological polar surface area (TPSA) is 137 Å². The minimum Gasteiger partial charge on any atom is -0.423 e. The molecule has 3 aromatic rings. The Morgan fingerprint density at radius 1 is 1.17 bits per heavy atom. The summed E-state index contributed by atoms with van der Waals surface area (Å²) in [5, 5.41) is 10.2. The molecule has 1 aromatic carbocycles. The fraction of sp³-hybridized carbons (Fsp3) is 0. The molecule has 0 saturated heterocycles. The molecule has 3 amide bonds. The SMILES string of the molecule is NC(=O)Nc1sc(-c2cccc(-c3nnco3)c2)cc1C(N)=O. The molecule has 8 nitrogen and oxygen atoms in total. The first-order chi connectivity index (χ1) is 11.0. The van der Waals surface area contributed by atoms with Gasteiger partial charge < -0.3 is 15.9 Å². The normalized spacial score (nSPS) is 10.4. The highest BCUT2D eigenvalue weighted by Gasteiger charge is 2.16. The fourth-order valence-electron chi connectivity index (χ4n) is 2.03. The van der Waals surface area contributed by atoms with E-state index in [1.54, 1.807) is 6.07 Å². The number of carbonyl (C=O) groups excluding carboxylic acids is 2. The number of carbonyl (C=O) groups is 2.